The summed E-state index contributed by atoms with van der Waals surface area (Å²) in [7, 11) is 0. The first-order valence-electron chi connectivity index (χ1n) is 16.7. The van der Waals surface area contributed by atoms with E-state index in [9.17, 15) is 9.59 Å². The average Bonchev–Trinajstić information content (AvgIpc) is 3.17. The molecule has 0 unspecified atom stereocenters. The van der Waals surface area contributed by atoms with Crippen molar-refractivity contribution in [3.63, 3.8) is 0 Å². The van der Waals surface area contributed by atoms with Crippen LogP contribution in [-0.4, -0.2) is 63.1 Å². The lowest BCUT2D eigenvalue weighted by Crippen LogP contribution is -2.36. The molecule has 5 N–H and O–H groups in total. The van der Waals surface area contributed by atoms with Crippen molar-refractivity contribution in [1.29, 1.82) is 0 Å². The van der Waals surface area contributed by atoms with Crippen molar-refractivity contribution in [2.75, 3.05) is 36.8 Å². The highest BCUT2D eigenvalue weighted by Crippen LogP contribution is 2.33. The molecule has 4 aromatic carbocycles. The van der Waals surface area contributed by atoms with E-state index < -0.39 is 0 Å². The molecule has 0 bridgehead atoms. The Bertz CT molecular complexity index is 2550. The van der Waals surface area contributed by atoms with Gasteiger partial charge >= 0.3 is 0 Å². The number of aromatic nitrogens is 4. The minimum atomic E-state index is -0.223. The van der Waals surface area contributed by atoms with Crippen LogP contribution in [0.15, 0.2) is 111 Å². The number of amidine groups is 2. The molecule has 3 aliphatic rings. The van der Waals surface area contributed by atoms with Gasteiger partial charge in [-0.05, 0) is 59.5 Å². The smallest absolute Gasteiger partial charge is 0.272 e. The Morgan fingerprint density at radius 3 is 2.00 bits per heavy atom. The van der Waals surface area contributed by atoms with Crippen LogP contribution in [0.25, 0.3) is 27.1 Å². The second kappa shape index (κ2) is 14.5. The fourth-order valence-corrected chi connectivity index (χ4v) is 6.83. The third-order valence-electron chi connectivity index (χ3n) is 9.05. The molecule has 0 saturated heterocycles. The summed E-state index contributed by atoms with van der Waals surface area (Å²) in [4.78, 5) is 35.3. The molecule has 0 atom stereocenters. The summed E-state index contributed by atoms with van der Waals surface area (Å²) in [5.41, 5.74) is 5.04. The molecule has 9 rings (SSSR count). The third kappa shape index (κ3) is 6.97. The first kappa shape index (κ1) is 33.5. The molecule has 14 heteroatoms. The van der Waals surface area contributed by atoms with E-state index in [0.717, 1.165) is 65.4 Å². The quantitative estimate of drug-likeness (QED) is 0.122. The number of halogens is 2. The number of benzene rings is 4. The molecule has 52 heavy (non-hydrogen) atoms. The lowest BCUT2D eigenvalue weighted by atomic mass is 9.99. The van der Waals surface area contributed by atoms with Crippen LogP contribution in [0.4, 0.5) is 23.0 Å². The molecule has 0 saturated carbocycles. The second-order valence-corrected chi connectivity index (χ2v) is 13.3. The van der Waals surface area contributed by atoms with E-state index in [-0.39, 0.29) is 11.1 Å². The lowest BCUT2D eigenvalue weighted by molar-refractivity contribution is 0.344. The highest BCUT2D eigenvalue weighted by atomic mass is 35.5. The average molecular weight is 732 g/mol. The molecule has 0 fully saturated rings. The van der Waals surface area contributed by atoms with Gasteiger partial charge in [-0.15, -0.1) is 0 Å². The minimum Gasteiger partial charge on any atom is -0.342 e. The molecule has 0 radical (unpaired) electrons. The summed E-state index contributed by atoms with van der Waals surface area (Å²) in [5.74, 6) is 2.66. The maximum atomic E-state index is 12.0. The van der Waals surface area contributed by atoms with Gasteiger partial charge in [0.05, 0.1) is 56.1 Å². The molecule has 260 valence electrons. The molecular formula is C38H32Cl2N10O2. The summed E-state index contributed by atoms with van der Waals surface area (Å²) in [5, 5.41) is 26.9. The van der Waals surface area contributed by atoms with Gasteiger partial charge in [-0.2, -0.15) is 10.2 Å². The van der Waals surface area contributed by atoms with Gasteiger partial charge < -0.3 is 16.0 Å². The normalized spacial score (nSPS) is 14.8. The Morgan fingerprint density at radius 2 is 1.37 bits per heavy atom. The van der Waals surface area contributed by atoms with Crippen LogP contribution in [0.2, 0.25) is 10.0 Å². The van der Waals surface area contributed by atoms with E-state index in [4.69, 9.17) is 23.2 Å². The number of H-pyrrole nitrogens is 2. The Morgan fingerprint density at radius 1 is 0.712 bits per heavy atom. The highest BCUT2D eigenvalue weighted by molar-refractivity contribution is 6.42. The maximum absolute atomic E-state index is 12.0. The van der Waals surface area contributed by atoms with E-state index in [1.165, 1.54) is 11.1 Å². The highest BCUT2D eigenvalue weighted by Gasteiger charge is 2.21. The number of anilines is 2. The van der Waals surface area contributed by atoms with Gasteiger partial charge in [0, 0.05) is 19.6 Å². The third-order valence-corrected chi connectivity index (χ3v) is 9.79. The molecule has 5 heterocycles. The van der Waals surface area contributed by atoms with E-state index >= 15 is 0 Å². The minimum absolute atomic E-state index is 0.189. The van der Waals surface area contributed by atoms with Crippen molar-refractivity contribution < 1.29 is 0 Å². The van der Waals surface area contributed by atoms with Gasteiger partial charge in [-0.25, -0.2) is 20.2 Å². The number of aliphatic imine (C=N–C) groups is 2. The van der Waals surface area contributed by atoms with Crippen molar-refractivity contribution in [2.24, 2.45) is 9.98 Å². The van der Waals surface area contributed by atoms with Gasteiger partial charge in [-0.1, -0.05) is 77.8 Å². The van der Waals surface area contributed by atoms with Gasteiger partial charge in [0.1, 0.15) is 11.7 Å². The van der Waals surface area contributed by atoms with Gasteiger partial charge in [-0.3, -0.25) is 14.5 Å². The first-order chi connectivity index (χ1) is 25.4. The fraction of sp³-hybridized carbons (Fsp3) is 0.158. The van der Waals surface area contributed by atoms with Crippen molar-refractivity contribution in [2.45, 2.75) is 13.0 Å². The van der Waals surface area contributed by atoms with E-state index in [0.29, 0.717) is 45.5 Å². The van der Waals surface area contributed by atoms with Crippen LogP contribution >= 0.6 is 23.2 Å². The largest absolute Gasteiger partial charge is 0.342 e. The molecule has 3 aliphatic heterocycles. The Hall–Kier alpha value is -5.66. The Kier molecular flexibility index (Phi) is 9.35. The van der Waals surface area contributed by atoms with Crippen molar-refractivity contribution in [3.8, 4) is 0 Å². The maximum Gasteiger partial charge on any atom is 0.272 e. The molecule has 0 amide bonds. The lowest BCUT2D eigenvalue weighted by Gasteiger charge is -2.28. The SMILES string of the molecule is O=c1[nH]nc2c3c(cccc13)NC(CN1CC=C(c3ccccc3)CC1)=N2.O=c1[nH]nc2c3c(cccc13)NC(CNCc1ccc(Cl)c(Cl)c1)=N2. The molecule has 2 aromatic heterocycles. The molecule has 6 aromatic rings. The van der Waals surface area contributed by atoms with Crippen LogP contribution in [0.1, 0.15) is 17.5 Å². The Labute approximate surface area is 307 Å². The van der Waals surface area contributed by atoms with Crippen molar-refractivity contribution in [1.82, 2.24) is 30.6 Å². The van der Waals surface area contributed by atoms with Crippen LogP contribution in [0.5, 0.6) is 0 Å². The zero-order valence-corrected chi connectivity index (χ0v) is 29.2. The monoisotopic (exact) mass is 730 g/mol. The number of hydrogen-bond acceptors (Lipinski definition) is 10. The standard InChI is InChI=1S/C21H19N5O.C17H13Cl2N5O/c27-21-16-7-4-8-17-19(16)20(24-25-21)23-18(22-17)13-26-11-9-15(10-12-26)14-5-2-1-3-6-14;18-11-5-4-9(6-12(11)19)7-20-8-14-21-13-3-1-2-10-15(13)16(22-14)23-24-17(10)25/h1-9H,10-13H2,(H,25,27)(H,22,23,24);1-6,20H,7-8H2,(H,24,25)(H,21,22,23). The summed E-state index contributed by atoms with van der Waals surface area (Å²) in [6.45, 7) is 3.72. The number of hydrogen-bond donors (Lipinski definition) is 5. The van der Waals surface area contributed by atoms with Crippen LogP contribution in [-0.2, 0) is 6.54 Å². The summed E-state index contributed by atoms with van der Waals surface area (Å²) in [6, 6.07) is 27.2. The number of nitrogens with one attached hydrogen (secondary N) is 5. The summed E-state index contributed by atoms with van der Waals surface area (Å²) in [6.07, 6.45) is 3.32. The Balaban J connectivity index is 0.000000149. The molecule has 12 nitrogen and oxygen atoms in total. The summed E-state index contributed by atoms with van der Waals surface area (Å²) >= 11 is 11.9. The van der Waals surface area contributed by atoms with Crippen LogP contribution in [0.3, 0.4) is 0 Å². The first-order valence-corrected chi connectivity index (χ1v) is 17.5. The topological polar surface area (TPSA) is 156 Å². The van der Waals surface area contributed by atoms with Gasteiger partial charge in [0.2, 0.25) is 0 Å². The number of aromatic amines is 2. The van der Waals surface area contributed by atoms with E-state index in [1.807, 2.05) is 42.5 Å². The second-order valence-electron chi connectivity index (χ2n) is 12.5. The zero-order valence-electron chi connectivity index (χ0n) is 27.7. The molecular weight excluding hydrogens is 699 g/mol. The van der Waals surface area contributed by atoms with Gasteiger partial charge in [0.15, 0.2) is 11.6 Å². The fourth-order valence-electron chi connectivity index (χ4n) is 6.51. The molecule has 0 spiro atoms. The van der Waals surface area contributed by atoms with Crippen molar-refractivity contribution in [3.05, 3.63) is 133 Å². The van der Waals surface area contributed by atoms with Crippen molar-refractivity contribution >= 4 is 85.0 Å². The van der Waals surface area contributed by atoms with E-state index in [2.05, 4.69) is 81.6 Å². The summed E-state index contributed by atoms with van der Waals surface area (Å²) < 4.78 is 0. The predicted octanol–water partition coefficient (Wildman–Crippen LogP) is 6.64. The van der Waals surface area contributed by atoms with Crippen LogP contribution in [0, 0.1) is 0 Å². The van der Waals surface area contributed by atoms with Gasteiger partial charge in [0.25, 0.3) is 11.1 Å². The zero-order chi connectivity index (χ0) is 35.6. The van der Waals surface area contributed by atoms with Crippen LogP contribution < -0.4 is 27.1 Å². The predicted molar refractivity (Wildman–Crippen MR) is 210 cm³/mol. The number of rotatable bonds is 7. The number of nitrogens with zero attached hydrogens (tertiary/aromatic N) is 5. The van der Waals surface area contributed by atoms with E-state index in [1.54, 1.807) is 18.2 Å². The molecule has 0 aliphatic carbocycles.